The highest BCUT2D eigenvalue weighted by atomic mass is 32.2. The van der Waals surface area contributed by atoms with Crippen LogP contribution in [0.5, 0.6) is 5.75 Å². The van der Waals surface area contributed by atoms with Gasteiger partial charge in [-0.15, -0.1) is 0 Å². The lowest BCUT2D eigenvalue weighted by Crippen LogP contribution is -2.54. The van der Waals surface area contributed by atoms with Crippen LogP contribution < -0.4 is 9.50 Å². The number of carbonyl (C=O) groups excluding carboxylic acids is 4. The Kier molecular flexibility index (Phi) is 3.63. The predicted octanol–water partition coefficient (Wildman–Crippen LogP) is -0.574. The minimum atomic E-state index is -3.91. The fourth-order valence-corrected chi connectivity index (χ4v) is 3.18. The topological polar surface area (TPSA) is 127 Å². The van der Waals surface area contributed by atoms with Crippen LogP contribution in [0.15, 0.2) is 18.2 Å². The van der Waals surface area contributed by atoms with Crippen molar-refractivity contribution in [2.24, 2.45) is 0 Å². The number of piperidine rings is 1. The quantitative estimate of drug-likeness (QED) is 0.570. The minimum absolute atomic E-state index is 0.00346. The summed E-state index contributed by atoms with van der Waals surface area (Å²) in [4.78, 5) is 49.0. The summed E-state index contributed by atoms with van der Waals surface area (Å²) in [5.41, 5.74) is -0.261. The molecule has 1 atom stereocenters. The number of amides is 4. The molecule has 2 aliphatic rings. The van der Waals surface area contributed by atoms with Crippen LogP contribution in [0.3, 0.4) is 0 Å². The number of rotatable bonds is 3. The number of hydrogen-bond donors (Lipinski definition) is 1. The third-order valence-electron chi connectivity index (χ3n) is 3.67. The molecule has 1 unspecified atom stereocenters. The van der Waals surface area contributed by atoms with E-state index in [4.69, 9.17) is 4.18 Å². The van der Waals surface area contributed by atoms with E-state index in [1.165, 1.54) is 18.2 Å². The van der Waals surface area contributed by atoms with Gasteiger partial charge in [0.15, 0.2) is 5.75 Å². The van der Waals surface area contributed by atoms with Crippen molar-refractivity contribution in [2.45, 2.75) is 18.9 Å². The maximum atomic E-state index is 12.6. The first-order valence-corrected chi connectivity index (χ1v) is 8.75. The SMILES string of the molecule is CS(=O)(=O)Oc1cccc2c1C(=O)N(C1CCC(=O)NC1=O)C2=O. The van der Waals surface area contributed by atoms with E-state index < -0.39 is 39.8 Å². The van der Waals surface area contributed by atoms with E-state index in [1.807, 2.05) is 0 Å². The van der Waals surface area contributed by atoms with Gasteiger partial charge in [-0.2, -0.15) is 8.42 Å². The minimum Gasteiger partial charge on any atom is -0.382 e. The molecule has 1 aromatic rings. The van der Waals surface area contributed by atoms with Gasteiger partial charge in [0.1, 0.15) is 6.04 Å². The number of fused-ring (bicyclic) bond motifs is 1. The smallest absolute Gasteiger partial charge is 0.306 e. The Morgan fingerprint density at radius 3 is 2.50 bits per heavy atom. The van der Waals surface area contributed by atoms with Gasteiger partial charge in [-0.3, -0.25) is 29.4 Å². The van der Waals surface area contributed by atoms with E-state index in [9.17, 15) is 27.6 Å². The molecule has 0 saturated carbocycles. The van der Waals surface area contributed by atoms with Crippen molar-refractivity contribution in [3.8, 4) is 5.75 Å². The number of carbonyl (C=O) groups is 4. The molecule has 3 rings (SSSR count). The van der Waals surface area contributed by atoms with Gasteiger partial charge in [0.05, 0.1) is 17.4 Å². The summed E-state index contributed by atoms with van der Waals surface area (Å²) in [7, 11) is -3.91. The monoisotopic (exact) mass is 352 g/mol. The molecule has 24 heavy (non-hydrogen) atoms. The van der Waals surface area contributed by atoms with Gasteiger partial charge in [-0.1, -0.05) is 6.07 Å². The first-order valence-electron chi connectivity index (χ1n) is 6.93. The van der Waals surface area contributed by atoms with Crippen molar-refractivity contribution >= 4 is 33.7 Å². The second-order valence-electron chi connectivity index (χ2n) is 5.41. The average molecular weight is 352 g/mol. The summed E-state index contributed by atoms with van der Waals surface area (Å²) in [6.45, 7) is 0. The highest BCUT2D eigenvalue weighted by molar-refractivity contribution is 7.86. The van der Waals surface area contributed by atoms with Crippen LogP contribution in [-0.2, 0) is 19.7 Å². The van der Waals surface area contributed by atoms with Crippen molar-refractivity contribution in [1.29, 1.82) is 0 Å². The zero-order chi connectivity index (χ0) is 17.6. The van der Waals surface area contributed by atoms with Gasteiger partial charge in [0.25, 0.3) is 11.8 Å². The largest absolute Gasteiger partial charge is 0.382 e. The zero-order valence-corrected chi connectivity index (χ0v) is 13.3. The molecular weight excluding hydrogens is 340 g/mol. The van der Waals surface area contributed by atoms with Crippen LogP contribution in [0.2, 0.25) is 0 Å². The molecule has 1 aromatic carbocycles. The highest BCUT2D eigenvalue weighted by Crippen LogP contribution is 2.34. The molecular formula is C14H12N2O7S. The van der Waals surface area contributed by atoms with Crippen LogP contribution in [0.25, 0.3) is 0 Å². The fourth-order valence-electron chi connectivity index (χ4n) is 2.72. The molecule has 4 amide bonds. The molecule has 1 N–H and O–H groups in total. The van der Waals surface area contributed by atoms with Gasteiger partial charge in [0.2, 0.25) is 11.8 Å². The molecule has 126 valence electrons. The molecule has 2 aliphatic heterocycles. The highest BCUT2D eigenvalue weighted by Gasteiger charge is 2.46. The van der Waals surface area contributed by atoms with Gasteiger partial charge in [-0.05, 0) is 18.6 Å². The molecule has 0 aromatic heterocycles. The number of nitrogens with one attached hydrogen (secondary N) is 1. The first-order chi connectivity index (χ1) is 11.2. The number of imide groups is 2. The van der Waals surface area contributed by atoms with Crippen LogP contribution in [0, 0.1) is 0 Å². The lowest BCUT2D eigenvalue weighted by atomic mass is 10.0. The van der Waals surface area contributed by atoms with E-state index in [0.717, 1.165) is 11.2 Å². The van der Waals surface area contributed by atoms with Gasteiger partial charge >= 0.3 is 10.1 Å². The van der Waals surface area contributed by atoms with Crippen molar-refractivity contribution in [2.75, 3.05) is 6.26 Å². The Balaban J connectivity index is 2.01. The predicted molar refractivity (Wildman–Crippen MR) is 78.6 cm³/mol. The first kappa shape index (κ1) is 16.1. The number of benzene rings is 1. The summed E-state index contributed by atoms with van der Waals surface area (Å²) in [6, 6.07) is 2.84. The Morgan fingerprint density at radius 1 is 1.17 bits per heavy atom. The second-order valence-corrected chi connectivity index (χ2v) is 6.99. The molecule has 9 nitrogen and oxygen atoms in total. The summed E-state index contributed by atoms with van der Waals surface area (Å²) < 4.78 is 27.4. The summed E-state index contributed by atoms with van der Waals surface area (Å²) in [6.07, 6.45) is 0.820. The normalized spacial score (nSPS) is 20.9. The third kappa shape index (κ3) is 2.64. The van der Waals surface area contributed by atoms with Gasteiger partial charge < -0.3 is 4.18 Å². The molecule has 0 bridgehead atoms. The van der Waals surface area contributed by atoms with Crippen molar-refractivity contribution in [3.63, 3.8) is 0 Å². The van der Waals surface area contributed by atoms with Crippen LogP contribution in [0.4, 0.5) is 0 Å². The average Bonchev–Trinajstić information content (AvgIpc) is 2.71. The van der Waals surface area contributed by atoms with Gasteiger partial charge in [0, 0.05) is 6.42 Å². The van der Waals surface area contributed by atoms with Crippen LogP contribution in [-0.4, -0.2) is 49.2 Å². The molecule has 1 saturated heterocycles. The summed E-state index contributed by atoms with van der Waals surface area (Å²) in [5.74, 6) is -3.06. The van der Waals surface area contributed by atoms with Crippen LogP contribution >= 0.6 is 0 Å². The lowest BCUT2D eigenvalue weighted by Gasteiger charge is -2.27. The fraction of sp³-hybridized carbons (Fsp3) is 0.286. The Bertz CT molecular complexity index is 890. The number of nitrogens with zero attached hydrogens (tertiary/aromatic N) is 1. The van der Waals surface area contributed by atoms with Crippen LogP contribution in [0.1, 0.15) is 33.6 Å². The van der Waals surface area contributed by atoms with E-state index in [-0.39, 0.29) is 29.7 Å². The van der Waals surface area contributed by atoms with Crippen molar-refractivity contribution < 1.29 is 31.8 Å². The third-order valence-corrected chi connectivity index (χ3v) is 4.15. The molecule has 2 heterocycles. The Labute approximate surface area is 136 Å². The van der Waals surface area contributed by atoms with E-state index >= 15 is 0 Å². The standard InChI is InChI=1S/C14H12N2O7S/c1-24(21,22)23-9-4-2-3-7-11(9)14(20)16(13(7)19)8-5-6-10(17)15-12(8)18/h2-4,8H,5-6H2,1H3,(H,15,17,18). The number of hydrogen-bond acceptors (Lipinski definition) is 7. The maximum Gasteiger partial charge on any atom is 0.306 e. The maximum absolute atomic E-state index is 12.6. The van der Waals surface area contributed by atoms with Crippen molar-refractivity contribution in [1.82, 2.24) is 10.2 Å². The molecule has 0 spiro atoms. The Morgan fingerprint density at radius 2 is 1.88 bits per heavy atom. The second kappa shape index (κ2) is 5.41. The molecule has 0 aliphatic carbocycles. The summed E-state index contributed by atoms with van der Waals surface area (Å²) in [5, 5.41) is 2.08. The van der Waals surface area contributed by atoms with E-state index in [1.54, 1.807) is 0 Å². The molecule has 10 heteroatoms. The van der Waals surface area contributed by atoms with Crippen molar-refractivity contribution in [3.05, 3.63) is 29.3 Å². The molecule has 0 radical (unpaired) electrons. The lowest BCUT2D eigenvalue weighted by molar-refractivity contribution is -0.136. The Hall–Kier alpha value is -2.75. The zero-order valence-electron chi connectivity index (χ0n) is 12.4. The van der Waals surface area contributed by atoms with E-state index in [2.05, 4.69) is 5.32 Å². The summed E-state index contributed by atoms with van der Waals surface area (Å²) >= 11 is 0. The molecule has 1 fully saturated rings. The van der Waals surface area contributed by atoms with E-state index in [0.29, 0.717) is 0 Å². The van der Waals surface area contributed by atoms with Gasteiger partial charge in [-0.25, -0.2) is 0 Å².